The number of H-pyrrole nitrogens is 1. The Labute approximate surface area is 381 Å². The molecule has 1 aromatic heterocycles. The van der Waals surface area contributed by atoms with Gasteiger partial charge in [-0.15, -0.1) is 0 Å². The number of imide groups is 1. The van der Waals surface area contributed by atoms with E-state index in [0.717, 1.165) is 24.0 Å². The van der Waals surface area contributed by atoms with E-state index in [0.29, 0.717) is 42.9 Å². The average Bonchev–Trinajstić information content (AvgIpc) is 3.82. The minimum atomic E-state index is -2.02. The fourth-order valence-electron chi connectivity index (χ4n) is 7.54. The molecule has 0 spiro atoms. The first-order chi connectivity index (χ1) is 31.3. The molecular weight excluding hydrogens is 831 g/mol. The van der Waals surface area contributed by atoms with Gasteiger partial charge in [0.15, 0.2) is 0 Å². The molecule has 2 heterocycles. The molecule has 16 nitrogen and oxygen atoms in total. The summed E-state index contributed by atoms with van der Waals surface area (Å²) in [5.74, 6) is -3.81. The number of ether oxygens (including phenoxy) is 3. The number of amides is 6. The first kappa shape index (κ1) is 49.5. The second-order valence-electron chi connectivity index (χ2n) is 17.1. The molecule has 0 aliphatic carbocycles. The smallest absolute Gasteiger partial charge is 0.407 e. The van der Waals surface area contributed by atoms with Crippen molar-refractivity contribution in [1.82, 2.24) is 36.1 Å². The van der Waals surface area contributed by atoms with Crippen LogP contribution < -0.4 is 21.3 Å². The molecular formula is C49H63N7O9. The number of nitrogens with zero attached hydrogens (tertiary/aromatic N) is 2. The van der Waals surface area contributed by atoms with Crippen LogP contribution >= 0.6 is 0 Å². The van der Waals surface area contributed by atoms with E-state index >= 15 is 4.79 Å². The van der Waals surface area contributed by atoms with Crippen LogP contribution in [-0.2, 0) is 52.7 Å². The normalized spacial score (nSPS) is 14.5. The highest BCUT2D eigenvalue weighted by Crippen LogP contribution is 2.32. The van der Waals surface area contributed by atoms with Gasteiger partial charge in [0.05, 0.1) is 32.6 Å². The number of nitrogens with one attached hydrogen (secondary N) is 5. The van der Waals surface area contributed by atoms with Crippen LogP contribution in [0.25, 0.3) is 11.1 Å². The molecule has 1 saturated heterocycles. The molecule has 0 saturated carbocycles. The number of hydrogen-bond donors (Lipinski definition) is 5. The van der Waals surface area contributed by atoms with Crippen molar-refractivity contribution in [2.24, 2.45) is 5.92 Å². The van der Waals surface area contributed by atoms with E-state index in [2.05, 4.69) is 31.2 Å². The zero-order chi connectivity index (χ0) is 46.7. The van der Waals surface area contributed by atoms with Crippen molar-refractivity contribution in [1.29, 1.82) is 0 Å². The zero-order valence-electron chi connectivity index (χ0n) is 37.9. The van der Waals surface area contributed by atoms with Crippen molar-refractivity contribution >= 4 is 35.8 Å². The number of imidazole rings is 1. The van der Waals surface area contributed by atoms with Crippen LogP contribution in [0.2, 0.25) is 0 Å². The van der Waals surface area contributed by atoms with E-state index in [9.17, 15) is 24.0 Å². The Morgan fingerprint density at radius 1 is 0.877 bits per heavy atom. The van der Waals surface area contributed by atoms with Crippen LogP contribution in [0.15, 0.2) is 97.5 Å². The van der Waals surface area contributed by atoms with Crippen molar-refractivity contribution in [3.8, 4) is 11.1 Å². The first-order valence-corrected chi connectivity index (χ1v) is 22.3. The van der Waals surface area contributed by atoms with Gasteiger partial charge in [-0.2, -0.15) is 0 Å². The number of urea groups is 1. The molecule has 0 radical (unpaired) electrons. The molecule has 5 rings (SSSR count). The van der Waals surface area contributed by atoms with Gasteiger partial charge >= 0.3 is 18.1 Å². The third-order valence-electron chi connectivity index (χ3n) is 11.0. The Morgan fingerprint density at radius 2 is 1.57 bits per heavy atom. The molecule has 16 heteroatoms. The number of aromatic nitrogens is 2. The van der Waals surface area contributed by atoms with E-state index in [4.69, 9.17) is 14.2 Å². The molecule has 6 amide bonds. The summed E-state index contributed by atoms with van der Waals surface area (Å²) < 4.78 is 17.0. The van der Waals surface area contributed by atoms with Crippen molar-refractivity contribution < 1.29 is 43.0 Å². The van der Waals surface area contributed by atoms with E-state index in [1.54, 1.807) is 51.2 Å². The highest BCUT2D eigenvalue weighted by Gasteiger charge is 2.49. The lowest BCUT2D eigenvalue weighted by Crippen LogP contribution is -2.69. The molecule has 0 bridgehead atoms. The fourth-order valence-corrected chi connectivity index (χ4v) is 7.54. The molecule has 348 valence electrons. The molecule has 4 aromatic rings. The average molecular weight is 894 g/mol. The lowest BCUT2D eigenvalue weighted by Gasteiger charge is -2.41. The van der Waals surface area contributed by atoms with Gasteiger partial charge in [-0.05, 0) is 55.9 Å². The highest BCUT2D eigenvalue weighted by atomic mass is 16.6. The van der Waals surface area contributed by atoms with E-state index in [-0.39, 0.29) is 45.3 Å². The molecule has 1 aliphatic rings. The third-order valence-corrected chi connectivity index (χ3v) is 11.0. The Bertz CT molecular complexity index is 2160. The zero-order valence-corrected chi connectivity index (χ0v) is 37.9. The monoisotopic (exact) mass is 893 g/mol. The number of aromatic amines is 1. The van der Waals surface area contributed by atoms with Crippen LogP contribution in [0.1, 0.15) is 76.6 Å². The second-order valence-corrected chi connectivity index (χ2v) is 17.1. The Balaban J connectivity index is 1.64. The molecule has 1 fully saturated rings. The van der Waals surface area contributed by atoms with E-state index in [1.807, 2.05) is 67.6 Å². The summed E-state index contributed by atoms with van der Waals surface area (Å²) in [4.78, 5) is 93.3. The Kier molecular flexibility index (Phi) is 18.6. The number of alkyl carbamates (subject to hydrolysis) is 1. The Morgan fingerprint density at radius 3 is 2.25 bits per heavy atom. The summed E-state index contributed by atoms with van der Waals surface area (Å²) in [5, 5.41) is 11.3. The van der Waals surface area contributed by atoms with Gasteiger partial charge in [-0.3, -0.25) is 24.5 Å². The summed E-state index contributed by atoms with van der Waals surface area (Å²) in [6.07, 6.45) is 4.52. The van der Waals surface area contributed by atoms with Gasteiger partial charge in [-0.25, -0.2) is 14.6 Å². The van der Waals surface area contributed by atoms with Crippen molar-refractivity contribution in [2.75, 3.05) is 39.5 Å². The van der Waals surface area contributed by atoms with Crippen LogP contribution in [-0.4, -0.2) is 107 Å². The van der Waals surface area contributed by atoms with Gasteiger partial charge in [0.1, 0.15) is 17.2 Å². The SMILES string of the molecule is CCCCCC(=O)NC(Cc1ccccc1-c1ccccc1)(C(=O)NC(Cc1ccccc1)C(=O)NC(=O)N1CCOCC1)C(CNC(=O)OC(C)(C)C)COC(=O)CCc1cnc[nH]1. The number of hydrogen-bond acceptors (Lipinski definition) is 10. The standard InChI is InChI=1S/C49H63N7O9/c1-5-6-9-22-42(57)55-49(30-37-20-14-15-21-40(37)36-18-12-8-13-19-36,38(31-51-47(62)65-48(2,3)4)33-64-43(58)24-23-39-32-50-34-52-39)45(60)53-41(29-35-16-10-7-11-17-35)44(59)54-46(61)56-25-27-63-28-26-56/h7-8,10-21,32,34,38,41H,5-6,9,22-31,33H2,1-4H3,(H,50,52)(H,51,62)(H,53,60)(H,55,57)(H,54,59,61). The number of morpholine rings is 1. The molecule has 3 unspecified atom stereocenters. The van der Waals surface area contributed by atoms with Gasteiger partial charge in [0, 0.05) is 56.7 Å². The number of unbranched alkanes of at least 4 members (excludes halogenated alkanes) is 2. The van der Waals surface area contributed by atoms with Crippen LogP contribution in [0, 0.1) is 5.92 Å². The Hall–Kier alpha value is -6.55. The summed E-state index contributed by atoms with van der Waals surface area (Å²) in [6, 6.07) is 24.0. The van der Waals surface area contributed by atoms with Gasteiger partial charge < -0.3 is 40.0 Å². The summed E-state index contributed by atoms with van der Waals surface area (Å²) in [5.41, 5.74) is 0.735. The quantitative estimate of drug-likeness (QED) is 0.0512. The van der Waals surface area contributed by atoms with Gasteiger partial charge in [-0.1, -0.05) is 105 Å². The number of esters is 1. The highest BCUT2D eigenvalue weighted by molar-refractivity contribution is 6.01. The molecule has 3 aromatic carbocycles. The van der Waals surface area contributed by atoms with Gasteiger partial charge in [0.2, 0.25) is 11.8 Å². The number of carbonyl (C=O) groups is 6. The topological polar surface area (TPSA) is 210 Å². The van der Waals surface area contributed by atoms with Crippen LogP contribution in [0.5, 0.6) is 0 Å². The predicted molar refractivity (Wildman–Crippen MR) is 244 cm³/mol. The maximum absolute atomic E-state index is 15.8. The number of carbonyl (C=O) groups excluding carboxylic acids is 6. The van der Waals surface area contributed by atoms with E-state index < -0.39 is 65.5 Å². The maximum atomic E-state index is 15.8. The number of benzene rings is 3. The number of aryl methyl sites for hydroxylation is 1. The van der Waals surface area contributed by atoms with Crippen molar-refractivity contribution in [2.45, 2.75) is 96.2 Å². The minimum absolute atomic E-state index is 0.0284. The number of rotatable bonds is 21. The van der Waals surface area contributed by atoms with Crippen molar-refractivity contribution in [3.05, 3.63) is 114 Å². The molecule has 3 atom stereocenters. The lowest BCUT2D eigenvalue weighted by atomic mass is 9.76. The van der Waals surface area contributed by atoms with Crippen LogP contribution in [0.3, 0.4) is 0 Å². The van der Waals surface area contributed by atoms with Crippen molar-refractivity contribution in [3.63, 3.8) is 0 Å². The van der Waals surface area contributed by atoms with E-state index in [1.165, 1.54) is 11.2 Å². The first-order valence-electron chi connectivity index (χ1n) is 22.3. The summed E-state index contributed by atoms with van der Waals surface area (Å²) >= 11 is 0. The second kappa shape index (κ2) is 24.5. The van der Waals surface area contributed by atoms with Gasteiger partial charge in [0.25, 0.3) is 5.91 Å². The minimum Gasteiger partial charge on any atom is -0.465 e. The molecule has 1 aliphatic heterocycles. The predicted octanol–water partition coefficient (Wildman–Crippen LogP) is 5.67. The van der Waals surface area contributed by atoms with Crippen LogP contribution in [0.4, 0.5) is 9.59 Å². The molecule has 5 N–H and O–H groups in total. The molecule has 65 heavy (non-hydrogen) atoms. The summed E-state index contributed by atoms with van der Waals surface area (Å²) in [6.45, 7) is 7.55. The largest absolute Gasteiger partial charge is 0.465 e. The maximum Gasteiger partial charge on any atom is 0.407 e. The lowest BCUT2D eigenvalue weighted by molar-refractivity contribution is -0.149. The third kappa shape index (κ3) is 15.6. The fraction of sp³-hybridized carbons (Fsp3) is 0.449. The summed E-state index contributed by atoms with van der Waals surface area (Å²) in [7, 11) is 0.